The van der Waals surface area contributed by atoms with E-state index in [4.69, 9.17) is 4.74 Å². The van der Waals surface area contributed by atoms with E-state index >= 15 is 0 Å². The summed E-state index contributed by atoms with van der Waals surface area (Å²) < 4.78 is 6.39. The lowest BCUT2D eigenvalue weighted by Crippen LogP contribution is -2.62. The SMILES string of the molecule is Oc1cccc2c1O[C@@H]1[C@H]3CCC[C@@]21CCN3CCc1ccccc1. The molecule has 3 atom stereocenters. The maximum absolute atomic E-state index is 10.3. The average Bonchev–Trinajstić information content (AvgIpc) is 3.00. The van der Waals surface area contributed by atoms with E-state index in [0.717, 1.165) is 31.7 Å². The quantitative estimate of drug-likeness (QED) is 0.923. The lowest BCUT2D eigenvalue weighted by atomic mass is 9.62. The molecule has 1 saturated carbocycles. The van der Waals surface area contributed by atoms with Crippen molar-refractivity contribution in [3.63, 3.8) is 0 Å². The third kappa shape index (κ3) is 2.29. The molecule has 1 aliphatic carbocycles. The van der Waals surface area contributed by atoms with E-state index in [1.807, 2.05) is 6.07 Å². The van der Waals surface area contributed by atoms with Crippen molar-refractivity contribution in [2.75, 3.05) is 13.1 Å². The molecular formula is C22H25NO2. The minimum Gasteiger partial charge on any atom is -0.504 e. The van der Waals surface area contributed by atoms with Crippen molar-refractivity contribution in [3.8, 4) is 11.5 Å². The molecule has 2 aromatic rings. The van der Waals surface area contributed by atoms with Crippen molar-refractivity contribution >= 4 is 0 Å². The Labute approximate surface area is 149 Å². The molecule has 2 heterocycles. The van der Waals surface area contributed by atoms with Gasteiger partial charge in [-0.05, 0) is 43.9 Å². The van der Waals surface area contributed by atoms with Crippen LogP contribution in [0.15, 0.2) is 48.5 Å². The number of para-hydroxylation sites is 1. The maximum Gasteiger partial charge on any atom is 0.165 e. The second kappa shape index (κ2) is 5.77. The number of aromatic hydroxyl groups is 1. The van der Waals surface area contributed by atoms with Crippen LogP contribution in [-0.4, -0.2) is 35.2 Å². The van der Waals surface area contributed by atoms with Gasteiger partial charge in [0, 0.05) is 23.6 Å². The van der Waals surface area contributed by atoms with Gasteiger partial charge in [-0.15, -0.1) is 0 Å². The fraction of sp³-hybridized carbons (Fsp3) is 0.455. The predicted octanol–water partition coefficient (Wildman–Crippen LogP) is 3.89. The summed E-state index contributed by atoms with van der Waals surface area (Å²) in [6, 6.07) is 17.1. The normalized spacial score (nSPS) is 30.4. The molecule has 0 radical (unpaired) electrons. The van der Waals surface area contributed by atoms with Gasteiger partial charge in [0.05, 0.1) is 0 Å². The molecule has 3 aliphatic rings. The minimum absolute atomic E-state index is 0.125. The number of ether oxygens (including phenoxy) is 1. The molecule has 1 N–H and O–H groups in total. The van der Waals surface area contributed by atoms with Crippen LogP contribution in [0.2, 0.25) is 0 Å². The highest BCUT2D eigenvalue weighted by atomic mass is 16.5. The number of hydrogen-bond acceptors (Lipinski definition) is 3. The lowest BCUT2D eigenvalue weighted by Gasteiger charge is -2.52. The Kier molecular flexibility index (Phi) is 3.53. The number of nitrogens with zero attached hydrogens (tertiary/aromatic N) is 1. The second-order valence-electron chi connectivity index (χ2n) is 7.83. The number of piperidine rings is 1. The summed E-state index contributed by atoms with van der Waals surface area (Å²) in [4.78, 5) is 2.64. The number of likely N-dealkylation sites (tertiary alicyclic amines) is 1. The van der Waals surface area contributed by atoms with Gasteiger partial charge in [-0.25, -0.2) is 0 Å². The molecule has 5 rings (SSSR count). The van der Waals surface area contributed by atoms with Crippen LogP contribution in [0, 0.1) is 0 Å². The molecule has 25 heavy (non-hydrogen) atoms. The van der Waals surface area contributed by atoms with Gasteiger partial charge >= 0.3 is 0 Å². The first-order chi connectivity index (χ1) is 12.3. The van der Waals surface area contributed by atoms with Gasteiger partial charge in [-0.1, -0.05) is 48.9 Å². The van der Waals surface area contributed by atoms with Crippen molar-refractivity contribution in [3.05, 3.63) is 59.7 Å². The molecule has 2 bridgehead atoms. The fourth-order valence-corrected chi connectivity index (χ4v) is 5.42. The van der Waals surface area contributed by atoms with Crippen molar-refractivity contribution in [2.24, 2.45) is 0 Å². The number of phenolic OH excluding ortho intramolecular Hbond substituents is 1. The van der Waals surface area contributed by atoms with E-state index < -0.39 is 0 Å². The van der Waals surface area contributed by atoms with Crippen LogP contribution >= 0.6 is 0 Å². The Morgan fingerprint density at radius 2 is 1.96 bits per heavy atom. The standard InChI is InChI=1S/C22H25NO2/c24-19-10-4-8-17-20(19)25-21-18-9-5-12-22(17,21)13-15-23(18)14-11-16-6-2-1-3-7-16/h1-4,6-8,10,18,21,24H,5,9,11-15H2/t18-,21-,22-/m1/s1. The fourth-order valence-electron chi connectivity index (χ4n) is 5.42. The molecule has 3 heteroatoms. The monoisotopic (exact) mass is 335 g/mol. The highest BCUT2D eigenvalue weighted by molar-refractivity contribution is 5.54. The van der Waals surface area contributed by atoms with E-state index in [1.54, 1.807) is 6.07 Å². The Bertz CT molecular complexity index is 775. The van der Waals surface area contributed by atoms with Gasteiger partial charge < -0.3 is 9.84 Å². The Balaban J connectivity index is 1.40. The van der Waals surface area contributed by atoms with Crippen molar-refractivity contribution < 1.29 is 9.84 Å². The van der Waals surface area contributed by atoms with Gasteiger partial charge in [0.2, 0.25) is 0 Å². The number of phenols is 1. The molecule has 2 aromatic carbocycles. The molecule has 1 saturated heterocycles. The highest BCUT2D eigenvalue weighted by Gasteiger charge is 2.58. The topological polar surface area (TPSA) is 32.7 Å². The Hall–Kier alpha value is -2.00. The average molecular weight is 335 g/mol. The van der Waals surface area contributed by atoms with Crippen LogP contribution in [0.1, 0.15) is 36.8 Å². The van der Waals surface area contributed by atoms with Crippen LogP contribution in [-0.2, 0) is 11.8 Å². The lowest BCUT2D eigenvalue weighted by molar-refractivity contribution is -0.0416. The molecule has 0 amide bonds. The first kappa shape index (κ1) is 15.3. The summed E-state index contributed by atoms with van der Waals surface area (Å²) >= 11 is 0. The third-order valence-corrected chi connectivity index (χ3v) is 6.64. The van der Waals surface area contributed by atoms with Crippen molar-refractivity contribution in [1.29, 1.82) is 0 Å². The first-order valence-electron chi connectivity index (χ1n) is 9.55. The summed E-state index contributed by atoms with van der Waals surface area (Å²) in [5.74, 6) is 1.06. The zero-order chi connectivity index (χ0) is 16.9. The Morgan fingerprint density at radius 3 is 2.84 bits per heavy atom. The zero-order valence-corrected chi connectivity index (χ0v) is 14.5. The van der Waals surface area contributed by atoms with Crippen molar-refractivity contribution in [2.45, 2.75) is 49.7 Å². The van der Waals surface area contributed by atoms with Gasteiger partial charge in [-0.2, -0.15) is 0 Å². The smallest absolute Gasteiger partial charge is 0.165 e. The first-order valence-corrected chi connectivity index (χ1v) is 9.55. The summed E-state index contributed by atoms with van der Waals surface area (Å²) in [6.45, 7) is 2.22. The van der Waals surface area contributed by atoms with E-state index in [2.05, 4.69) is 41.3 Å². The Morgan fingerprint density at radius 1 is 1.08 bits per heavy atom. The molecule has 3 nitrogen and oxygen atoms in total. The molecular weight excluding hydrogens is 310 g/mol. The largest absolute Gasteiger partial charge is 0.504 e. The van der Waals surface area contributed by atoms with E-state index in [0.29, 0.717) is 11.8 Å². The van der Waals surface area contributed by atoms with Crippen LogP contribution in [0.5, 0.6) is 11.5 Å². The van der Waals surface area contributed by atoms with Crippen molar-refractivity contribution in [1.82, 2.24) is 4.90 Å². The van der Waals surface area contributed by atoms with Gasteiger partial charge in [-0.3, -0.25) is 4.90 Å². The highest BCUT2D eigenvalue weighted by Crippen LogP contribution is 2.57. The summed E-state index contributed by atoms with van der Waals surface area (Å²) in [6.07, 6.45) is 6.08. The number of rotatable bonds is 3. The zero-order valence-electron chi connectivity index (χ0n) is 14.5. The summed E-state index contributed by atoms with van der Waals surface area (Å²) in [5.41, 5.74) is 2.79. The molecule has 130 valence electrons. The van der Waals surface area contributed by atoms with Gasteiger partial charge in [0.15, 0.2) is 11.5 Å². The number of hydrogen-bond donors (Lipinski definition) is 1. The predicted molar refractivity (Wildman–Crippen MR) is 98.2 cm³/mol. The van der Waals surface area contributed by atoms with Crippen LogP contribution in [0.3, 0.4) is 0 Å². The molecule has 0 spiro atoms. The van der Waals surface area contributed by atoms with Gasteiger partial charge in [0.1, 0.15) is 6.10 Å². The number of fused-ring (bicyclic) bond motifs is 1. The third-order valence-electron chi connectivity index (χ3n) is 6.64. The summed E-state index contributed by atoms with van der Waals surface area (Å²) in [7, 11) is 0. The molecule has 2 aliphatic heterocycles. The molecule has 2 fully saturated rings. The van der Waals surface area contributed by atoms with E-state index in [1.165, 1.54) is 30.4 Å². The van der Waals surface area contributed by atoms with Crippen LogP contribution in [0.4, 0.5) is 0 Å². The second-order valence-corrected chi connectivity index (χ2v) is 7.83. The maximum atomic E-state index is 10.3. The van der Waals surface area contributed by atoms with Gasteiger partial charge in [0.25, 0.3) is 0 Å². The summed E-state index contributed by atoms with van der Waals surface area (Å²) in [5, 5.41) is 10.3. The van der Waals surface area contributed by atoms with E-state index in [-0.39, 0.29) is 11.5 Å². The van der Waals surface area contributed by atoms with Crippen LogP contribution in [0.25, 0.3) is 0 Å². The molecule has 0 aromatic heterocycles. The number of benzene rings is 2. The van der Waals surface area contributed by atoms with Crippen LogP contribution < -0.4 is 4.74 Å². The van der Waals surface area contributed by atoms with E-state index in [9.17, 15) is 5.11 Å². The minimum atomic E-state index is 0.125. The molecule has 0 unspecified atom stereocenters.